The zero-order chi connectivity index (χ0) is 19.5. The molecule has 0 fully saturated rings. The number of carboxylic acid groups (broad SMARTS) is 1. The third-order valence-corrected chi connectivity index (χ3v) is 3.45. The average molecular weight is 373 g/mol. The van der Waals surface area contributed by atoms with Gasteiger partial charge in [0.25, 0.3) is 5.91 Å². The Hall–Kier alpha value is -2.91. The van der Waals surface area contributed by atoms with E-state index in [0.717, 1.165) is 35.4 Å². The number of carboxylic acids is 1. The zero-order valence-corrected chi connectivity index (χ0v) is 13.6. The van der Waals surface area contributed by atoms with Crippen LogP contribution in [0.25, 0.3) is 5.69 Å². The highest BCUT2D eigenvalue weighted by Crippen LogP contribution is 2.34. The molecule has 1 N–H and O–H groups in total. The van der Waals surface area contributed by atoms with Crippen LogP contribution in [0.4, 0.5) is 17.6 Å². The van der Waals surface area contributed by atoms with Gasteiger partial charge in [0.05, 0.1) is 17.4 Å². The highest BCUT2D eigenvalue weighted by atomic mass is 19.4. The first kappa shape index (κ1) is 19.4. The van der Waals surface area contributed by atoms with E-state index in [9.17, 15) is 27.2 Å². The third-order valence-electron chi connectivity index (χ3n) is 3.45. The van der Waals surface area contributed by atoms with E-state index in [1.807, 2.05) is 0 Å². The lowest BCUT2D eigenvalue weighted by molar-refractivity contribution is -0.143. The largest absolute Gasteiger partial charge is 0.480 e. The molecular formula is C16H15F4N3O3. The summed E-state index contributed by atoms with van der Waals surface area (Å²) >= 11 is 0. The molecule has 1 heterocycles. The molecule has 2 rings (SSSR count). The SMILES string of the molecule is CCCN(CC(=O)O)C(=O)c1cnn(-c2ccc(F)cc2)c1C(F)(F)F. The average Bonchev–Trinajstić information content (AvgIpc) is 2.99. The topological polar surface area (TPSA) is 75.4 Å². The van der Waals surface area contributed by atoms with Gasteiger partial charge in [0.2, 0.25) is 0 Å². The number of halogens is 4. The van der Waals surface area contributed by atoms with Gasteiger partial charge in [-0.2, -0.15) is 18.3 Å². The second-order valence-corrected chi connectivity index (χ2v) is 5.41. The van der Waals surface area contributed by atoms with E-state index >= 15 is 0 Å². The van der Waals surface area contributed by atoms with Crippen LogP contribution >= 0.6 is 0 Å². The van der Waals surface area contributed by atoms with Crippen LogP contribution in [0.2, 0.25) is 0 Å². The van der Waals surface area contributed by atoms with E-state index in [-0.39, 0.29) is 12.2 Å². The number of benzene rings is 1. The van der Waals surface area contributed by atoms with E-state index in [0.29, 0.717) is 11.1 Å². The van der Waals surface area contributed by atoms with Crippen LogP contribution in [0.1, 0.15) is 29.4 Å². The van der Waals surface area contributed by atoms with Gasteiger partial charge in [0, 0.05) is 6.54 Å². The van der Waals surface area contributed by atoms with Crippen molar-refractivity contribution in [3.63, 3.8) is 0 Å². The molecule has 26 heavy (non-hydrogen) atoms. The molecule has 6 nitrogen and oxygen atoms in total. The Balaban J connectivity index is 2.53. The second kappa shape index (κ2) is 7.54. The maximum absolute atomic E-state index is 13.6. The summed E-state index contributed by atoms with van der Waals surface area (Å²) in [6.07, 6.45) is -3.83. The summed E-state index contributed by atoms with van der Waals surface area (Å²) in [5, 5.41) is 12.5. The lowest BCUT2D eigenvalue weighted by Crippen LogP contribution is -2.37. The van der Waals surface area contributed by atoms with Gasteiger partial charge in [-0.3, -0.25) is 9.59 Å². The van der Waals surface area contributed by atoms with Gasteiger partial charge in [0.15, 0.2) is 5.69 Å². The van der Waals surface area contributed by atoms with Crippen LogP contribution in [-0.4, -0.2) is 44.8 Å². The van der Waals surface area contributed by atoms with E-state index in [1.54, 1.807) is 6.92 Å². The number of hydrogen-bond acceptors (Lipinski definition) is 3. The monoisotopic (exact) mass is 373 g/mol. The van der Waals surface area contributed by atoms with Crippen molar-refractivity contribution in [2.75, 3.05) is 13.1 Å². The summed E-state index contributed by atoms with van der Waals surface area (Å²) < 4.78 is 54.2. The van der Waals surface area contributed by atoms with Gasteiger partial charge in [0.1, 0.15) is 12.4 Å². The summed E-state index contributed by atoms with van der Waals surface area (Å²) in [6, 6.07) is 4.11. The fourth-order valence-corrected chi connectivity index (χ4v) is 2.41. The molecule has 2 aromatic rings. The Labute approximate surface area is 145 Å². The van der Waals surface area contributed by atoms with Crippen LogP contribution in [0.15, 0.2) is 30.5 Å². The van der Waals surface area contributed by atoms with Gasteiger partial charge < -0.3 is 10.0 Å². The molecule has 0 aliphatic heterocycles. The number of hydrogen-bond donors (Lipinski definition) is 1. The number of alkyl halides is 3. The van der Waals surface area contributed by atoms with Crippen LogP contribution in [0.5, 0.6) is 0 Å². The highest BCUT2D eigenvalue weighted by molar-refractivity contribution is 5.97. The van der Waals surface area contributed by atoms with E-state index < -0.39 is 41.7 Å². The van der Waals surface area contributed by atoms with Crippen molar-refractivity contribution in [3.8, 4) is 5.69 Å². The Morgan fingerprint density at radius 1 is 1.23 bits per heavy atom. The van der Waals surface area contributed by atoms with Crippen LogP contribution in [0.3, 0.4) is 0 Å². The molecule has 1 aromatic carbocycles. The predicted molar refractivity (Wildman–Crippen MR) is 82.4 cm³/mol. The van der Waals surface area contributed by atoms with E-state index in [1.165, 1.54) is 0 Å². The first-order chi connectivity index (χ1) is 12.1. The van der Waals surface area contributed by atoms with Crippen molar-refractivity contribution in [2.45, 2.75) is 19.5 Å². The molecule has 0 bridgehead atoms. The number of aliphatic carboxylic acids is 1. The Morgan fingerprint density at radius 3 is 2.35 bits per heavy atom. The molecule has 0 unspecified atom stereocenters. The summed E-state index contributed by atoms with van der Waals surface area (Å²) in [5.74, 6) is -3.07. The molecule has 0 saturated carbocycles. The second-order valence-electron chi connectivity index (χ2n) is 5.41. The zero-order valence-electron chi connectivity index (χ0n) is 13.6. The van der Waals surface area contributed by atoms with Gasteiger partial charge in [-0.05, 0) is 30.7 Å². The normalized spacial score (nSPS) is 11.4. The molecule has 140 valence electrons. The molecule has 1 amide bonds. The number of amides is 1. The predicted octanol–water partition coefficient (Wildman–Crippen LogP) is 2.97. The summed E-state index contributed by atoms with van der Waals surface area (Å²) in [6.45, 7) is 0.907. The van der Waals surface area contributed by atoms with Gasteiger partial charge in [-0.25, -0.2) is 9.07 Å². The first-order valence-corrected chi connectivity index (χ1v) is 7.57. The lowest BCUT2D eigenvalue weighted by atomic mass is 10.2. The maximum atomic E-state index is 13.6. The molecule has 10 heteroatoms. The van der Waals surface area contributed by atoms with Gasteiger partial charge in [-0.15, -0.1) is 0 Å². The number of rotatable bonds is 6. The van der Waals surface area contributed by atoms with Crippen molar-refractivity contribution in [1.82, 2.24) is 14.7 Å². The summed E-state index contributed by atoms with van der Waals surface area (Å²) in [5.41, 5.74) is -2.20. The first-order valence-electron chi connectivity index (χ1n) is 7.57. The minimum Gasteiger partial charge on any atom is -0.480 e. The van der Waals surface area contributed by atoms with Crippen LogP contribution in [0, 0.1) is 5.82 Å². The quantitative estimate of drug-likeness (QED) is 0.790. The molecule has 0 atom stereocenters. The third kappa shape index (κ3) is 4.19. The summed E-state index contributed by atoms with van der Waals surface area (Å²) in [4.78, 5) is 24.2. The maximum Gasteiger partial charge on any atom is 0.434 e. The number of carbonyl (C=O) groups is 2. The summed E-state index contributed by atoms with van der Waals surface area (Å²) in [7, 11) is 0. The fraction of sp³-hybridized carbons (Fsp3) is 0.312. The standard InChI is InChI=1S/C16H15F4N3O3/c1-2-7-22(9-13(24)25)15(26)12-8-21-23(14(12)16(18,19)20)11-5-3-10(17)4-6-11/h3-6,8H,2,7,9H2,1H3,(H,24,25). The van der Waals surface area contributed by atoms with Crippen molar-refractivity contribution >= 4 is 11.9 Å². The van der Waals surface area contributed by atoms with Gasteiger partial charge in [-0.1, -0.05) is 6.92 Å². The van der Waals surface area contributed by atoms with Crippen molar-refractivity contribution < 1.29 is 32.3 Å². The van der Waals surface area contributed by atoms with Crippen molar-refractivity contribution in [3.05, 3.63) is 47.5 Å². The Morgan fingerprint density at radius 2 is 1.85 bits per heavy atom. The molecule has 0 spiro atoms. The Bertz CT molecular complexity index is 800. The number of nitrogens with zero attached hydrogens (tertiary/aromatic N) is 3. The van der Waals surface area contributed by atoms with Crippen molar-refractivity contribution in [2.24, 2.45) is 0 Å². The smallest absolute Gasteiger partial charge is 0.434 e. The minimum absolute atomic E-state index is 0.0237. The highest BCUT2D eigenvalue weighted by Gasteiger charge is 2.41. The van der Waals surface area contributed by atoms with Crippen LogP contribution in [-0.2, 0) is 11.0 Å². The Kier molecular flexibility index (Phi) is 5.63. The van der Waals surface area contributed by atoms with Crippen molar-refractivity contribution in [1.29, 1.82) is 0 Å². The molecular weight excluding hydrogens is 358 g/mol. The molecule has 0 saturated heterocycles. The number of carbonyl (C=O) groups excluding carboxylic acids is 1. The van der Waals surface area contributed by atoms with E-state index in [4.69, 9.17) is 5.11 Å². The fourth-order valence-electron chi connectivity index (χ4n) is 2.41. The molecule has 0 aliphatic rings. The molecule has 0 radical (unpaired) electrons. The minimum atomic E-state index is -4.93. The molecule has 1 aromatic heterocycles. The number of aromatic nitrogens is 2. The van der Waals surface area contributed by atoms with E-state index in [2.05, 4.69) is 5.10 Å². The lowest BCUT2D eigenvalue weighted by Gasteiger charge is -2.20. The van der Waals surface area contributed by atoms with Gasteiger partial charge >= 0.3 is 12.1 Å². The van der Waals surface area contributed by atoms with Crippen LogP contribution < -0.4 is 0 Å². The molecule has 0 aliphatic carbocycles.